The number of anilines is 1. The lowest BCUT2D eigenvalue weighted by atomic mass is 10.2. The number of hydrogen-bond donors (Lipinski definition) is 2. The molecule has 98 valence electrons. The average molecular weight is 255 g/mol. The molecule has 1 aliphatic heterocycles. The van der Waals surface area contributed by atoms with Gasteiger partial charge in [0.15, 0.2) is 0 Å². The summed E-state index contributed by atoms with van der Waals surface area (Å²) in [6.45, 7) is 1.28. The van der Waals surface area contributed by atoms with Gasteiger partial charge in [0.1, 0.15) is 5.69 Å². The summed E-state index contributed by atoms with van der Waals surface area (Å²) in [4.78, 5) is 10.1. The first kappa shape index (κ1) is 12.7. The molecular weight excluding hydrogens is 241 g/mol. The summed E-state index contributed by atoms with van der Waals surface area (Å²) in [5.41, 5.74) is -0.352. The minimum atomic E-state index is -0.843. The van der Waals surface area contributed by atoms with E-state index in [0.717, 1.165) is 6.07 Å². The van der Waals surface area contributed by atoms with E-state index in [0.29, 0.717) is 13.1 Å². The Hall–Kier alpha value is -1.73. The quantitative estimate of drug-likeness (QED) is 0.623. The second-order valence-corrected chi connectivity index (χ2v) is 4.08. The predicted molar refractivity (Wildman–Crippen MR) is 64.1 cm³/mol. The molecular formula is C11H14FN3O3. The van der Waals surface area contributed by atoms with Crippen molar-refractivity contribution in [1.82, 2.24) is 5.32 Å². The van der Waals surface area contributed by atoms with Crippen molar-refractivity contribution < 1.29 is 14.1 Å². The first-order valence-corrected chi connectivity index (χ1v) is 5.56. The number of nitrogens with zero attached hydrogens (tertiary/aromatic N) is 1. The van der Waals surface area contributed by atoms with E-state index in [-0.39, 0.29) is 17.8 Å². The summed E-state index contributed by atoms with van der Waals surface area (Å²) in [6.07, 6.45) is -0.0899. The van der Waals surface area contributed by atoms with Gasteiger partial charge in [0, 0.05) is 20.2 Å². The van der Waals surface area contributed by atoms with Crippen molar-refractivity contribution in [2.75, 3.05) is 25.5 Å². The monoisotopic (exact) mass is 255 g/mol. The van der Waals surface area contributed by atoms with Crippen LogP contribution < -0.4 is 10.6 Å². The molecule has 0 spiro atoms. The van der Waals surface area contributed by atoms with Crippen molar-refractivity contribution in [2.45, 2.75) is 12.1 Å². The molecule has 2 atom stereocenters. The van der Waals surface area contributed by atoms with Gasteiger partial charge in [-0.15, -0.1) is 0 Å². The number of rotatable bonds is 4. The van der Waals surface area contributed by atoms with E-state index in [4.69, 9.17) is 4.74 Å². The highest BCUT2D eigenvalue weighted by molar-refractivity contribution is 5.62. The number of methoxy groups -OCH3 is 1. The van der Waals surface area contributed by atoms with Crippen molar-refractivity contribution >= 4 is 11.4 Å². The first-order valence-electron chi connectivity index (χ1n) is 5.56. The van der Waals surface area contributed by atoms with Crippen molar-refractivity contribution in [1.29, 1.82) is 0 Å². The second-order valence-electron chi connectivity index (χ2n) is 4.08. The molecule has 0 saturated carbocycles. The van der Waals surface area contributed by atoms with Crippen LogP contribution in [0, 0.1) is 15.9 Å². The predicted octanol–water partition coefficient (Wildman–Crippen LogP) is 1.13. The smallest absolute Gasteiger partial charge is 0.327 e. The molecule has 7 heteroatoms. The number of hydrogen-bond acceptors (Lipinski definition) is 5. The van der Waals surface area contributed by atoms with Gasteiger partial charge in [-0.3, -0.25) is 10.1 Å². The van der Waals surface area contributed by atoms with E-state index in [1.807, 2.05) is 0 Å². The number of nitrogens with one attached hydrogen (secondary N) is 2. The summed E-state index contributed by atoms with van der Waals surface area (Å²) in [5.74, 6) is -0.843. The van der Waals surface area contributed by atoms with E-state index in [2.05, 4.69) is 10.6 Å². The fraction of sp³-hybridized carbons (Fsp3) is 0.455. The Balaban J connectivity index is 2.23. The van der Waals surface area contributed by atoms with Gasteiger partial charge in [-0.25, -0.2) is 0 Å². The molecule has 0 aliphatic carbocycles. The number of benzene rings is 1. The molecule has 1 fully saturated rings. The summed E-state index contributed by atoms with van der Waals surface area (Å²) < 4.78 is 18.7. The zero-order chi connectivity index (χ0) is 13.1. The summed E-state index contributed by atoms with van der Waals surface area (Å²) >= 11 is 0. The van der Waals surface area contributed by atoms with E-state index in [9.17, 15) is 14.5 Å². The van der Waals surface area contributed by atoms with Gasteiger partial charge in [-0.2, -0.15) is 4.39 Å². The molecule has 2 rings (SSSR count). The third kappa shape index (κ3) is 2.41. The Kier molecular flexibility index (Phi) is 3.73. The molecule has 1 aromatic rings. The second kappa shape index (κ2) is 5.28. The van der Waals surface area contributed by atoms with Crippen LogP contribution in [0.25, 0.3) is 0 Å². The van der Waals surface area contributed by atoms with Crippen molar-refractivity contribution in [2.24, 2.45) is 0 Å². The molecule has 0 bridgehead atoms. The molecule has 0 radical (unpaired) electrons. The minimum Gasteiger partial charge on any atom is -0.378 e. The van der Waals surface area contributed by atoms with Crippen LogP contribution in [-0.2, 0) is 4.74 Å². The number of nitro groups is 1. The fourth-order valence-electron chi connectivity index (χ4n) is 2.06. The van der Waals surface area contributed by atoms with Gasteiger partial charge < -0.3 is 15.4 Å². The highest BCUT2D eigenvalue weighted by atomic mass is 19.1. The molecule has 0 amide bonds. The van der Waals surface area contributed by atoms with Crippen LogP contribution in [0.2, 0.25) is 0 Å². The summed E-state index contributed by atoms with van der Waals surface area (Å²) in [6, 6.07) is 3.89. The van der Waals surface area contributed by atoms with Crippen LogP contribution in [0.5, 0.6) is 0 Å². The Morgan fingerprint density at radius 2 is 2.33 bits per heavy atom. The molecule has 1 unspecified atom stereocenters. The van der Waals surface area contributed by atoms with Gasteiger partial charge in [0.05, 0.1) is 17.1 Å². The molecule has 1 aromatic carbocycles. The maximum atomic E-state index is 13.4. The lowest BCUT2D eigenvalue weighted by molar-refractivity contribution is -0.386. The third-order valence-corrected chi connectivity index (χ3v) is 2.97. The Bertz CT molecular complexity index is 455. The van der Waals surface area contributed by atoms with Crippen LogP contribution in [0.3, 0.4) is 0 Å². The average Bonchev–Trinajstić information content (AvgIpc) is 2.76. The SMILES string of the molecule is CO[C@H]1CNCC1Nc1cccc(F)c1[N+](=O)[O-]. The number of nitro benzene ring substituents is 1. The van der Waals surface area contributed by atoms with Crippen LogP contribution in [-0.4, -0.2) is 37.3 Å². The Labute approximate surface area is 103 Å². The normalized spacial score (nSPS) is 23.0. The van der Waals surface area contributed by atoms with Crippen LogP contribution in [0.1, 0.15) is 0 Å². The maximum Gasteiger partial charge on any atom is 0.327 e. The van der Waals surface area contributed by atoms with Crippen molar-refractivity contribution in [3.05, 3.63) is 34.1 Å². The first-order chi connectivity index (χ1) is 8.63. The van der Waals surface area contributed by atoms with Crippen LogP contribution >= 0.6 is 0 Å². The number of para-hydroxylation sites is 1. The van der Waals surface area contributed by atoms with Gasteiger partial charge >= 0.3 is 5.69 Å². The highest BCUT2D eigenvalue weighted by Crippen LogP contribution is 2.28. The molecule has 2 N–H and O–H groups in total. The third-order valence-electron chi connectivity index (χ3n) is 2.97. The lowest BCUT2D eigenvalue weighted by Crippen LogP contribution is -2.33. The van der Waals surface area contributed by atoms with Gasteiger partial charge in [-0.05, 0) is 12.1 Å². The van der Waals surface area contributed by atoms with Crippen LogP contribution in [0.4, 0.5) is 15.8 Å². The van der Waals surface area contributed by atoms with Crippen molar-refractivity contribution in [3.8, 4) is 0 Å². The maximum absolute atomic E-state index is 13.4. The summed E-state index contributed by atoms with van der Waals surface area (Å²) in [7, 11) is 1.58. The molecule has 6 nitrogen and oxygen atoms in total. The summed E-state index contributed by atoms with van der Waals surface area (Å²) in [5, 5.41) is 16.9. The van der Waals surface area contributed by atoms with Gasteiger partial charge in [0.25, 0.3) is 0 Å². The highest BCUT2D eigenvalue weighted by Gasteiger charge is 2.29. The topological polar surface area (TPSA) is 76.4 Å². The molecule has 1 aliphatic rings. The molecule has 18 heavy (non-hydrogen) atoms. The van der Waals surface area contributed by atoms with E-state index >= 15 is 0 Å². The van der Waals surface area contributed by atoms with E-state index in [1.54, 1.807) is 7.11 Å². The van der Waals surface area contributed by atoms with Gasteiger partial charge in [-0.1, -0.05) is 6.07 Å². The van der Waals surface area contributed by atoms with Gasteiger partial charge in [0.2, 0.25) is 5.82 Å². The van der Waals surface area contributed by atoms with Crippen molar-refractivity contribution in [3.63, 3.8) is 0 Å². The van der Waals surface area contributed by atoms with E-state index < -0.39 is 16.4 Å². The lowest BCUT2D eigenvalue weighted by Gasteiger charge is -2.19. The van der Waals surface area contributed by atoms with E-state index in [1.165, 1.54) is 12.1 Å². The fourth-order valence-corrected chi connectivity index (χ4v) is 2.06. The number of halogens is 1. The Morgan fingerprint density at radius 1 is 1.56 bits per heavy atom. The zero-order valence-electron chi connectivity index (χ0n) is 9.85. The molecule has 1 heterocycles. The zero-order valence-corrected chi connectivity index (χ0v) is 9.85. The minimum absolute atomic E-state index is 0.0899. The largest absolute Gasteiger partial charge is 0.378 e. The molecule has 0 aromatic heterocycles. The molecule has 1 saturated heterocycles. The standard InChI is InChI=1S/C11H14FN3O3/c1-18-10-6-13-5-9(10)14-8-4-2-3-7(12)11(8)15(16)17/h2-4,9-10,13-14H,5-6H2,1H3/t9?,10-/m0/s1. The van der Waals surface area contributed by atoms with Crippen LogP contribution in [0.15, 0.2) is 18.2 Å². The number of ether oxygens (including phenoxy) is 1. The Morgan fingerprint density at radius 3 is 3.00 bits per heavy atom.